The van der Waals surface area contributed by atoms with Gasteiger partial charge in [0, 0.05) is 57.2 Å². The zero-order chi connectivity index (χ0) is 47.8. The molecule has 6 aliphatic heterocycles. The molecule has 0 saturated heterocycles. The highest BCUT2D eigenvalue weighted by Crippen LogP contribution is 2.51. The molecule has 0 atom stereocenters. The van der Waals surface area contributed by atoms with Gasteiger partial charge < -0.3 is 28.7 Å². The lowest BCUT2D eigenvalue weighted by atomic mass is 9.28. The van der Waals surface area contributed by atoms with Crippen molar-refractivity contribution in [1.29, 1.82) is 0 Å². The number of anilines is 6. The Bertz CT molecular complexity index is 3580. The summed E-state index contributed by atoms with van der Waals surface area (Å²) in [6.07, 6.45) is 0. The molecule has 0 fully saturated rings. The Morgan fingerprint density at radius 1 is 0.338 bits per heavy atom. The molecule has 9 aromatic rings. The minimum Gasteiger partial charge on any atom is -0.459 e. The summed E-state index contributed by atoms with van der Waals surface area (Å²) in [7, 11) is 0. The predicted molar refractivity (Wildman–Crippen MR) is 293 cm³/mol. The lowest BCUT2D eigenvalue weighted by Gasteiger charge is -2.48. The fraction of sp³-hybridized carbons (Fsp3) is 0.129. The van der Waals surface area contributed by atoms with Gasteiger partial charge in [-0.2, -0.15) is 0 Å². The van der Waals surface area contributed by atoms with Gasteiger partial charge in [0.2, 0.25) is 0 Å². The van der Waals surface area contributed by atoms with Crippen LogP contribution in [0.4, 0.5) is 34.1 Å². The zero-order valence-corrected chi connectivity index (χ0v) is 40.8. The van der Waals surface area contributed by atoms with Gasteiger partial charge in [0.25, 0.3) is 20.1 Å². The van der Waals surface area contributed by atoms with Crippen molar-refractivity contribution >= 4 is 103 Å². The quantitative estimate of drug-likeness (QED) is 0.161. The number of benzene rings is 9. The number of aryl methyl sites for hydroxylation is 4. The van der Waals surface area contributed by atoms with Crippen LogP contribution in [0.5, 0.6) is 46.0 Å². The third-order valence-corrected chi connectivity index (χ3v) is 15.7. The Morgan fingerprint density at radius 3 is 1.04 bits per heavy atom. The lowest BCUT2D eigenvalue weighted by Crippen LogP contribution is -2.66. The van der Waals surface area contributed by atoms with Crippen LogP contribution in [-0.4, -0.2) is 20.1 Å². The molecule has 0 bridgehead atoms. The molecule has 0 spiro atoms. The Morgan fingerprint density at radius 2 is 0.676 bits per heavy atom. The average Bonchev–Trinajstić information content (AvgIpc) is 3.35. The van der Waals surface area contributed by atoms with Gasteiger partial charge in [-0.1, -0.05) is 106 Å². The molecular formula is C62H47B3N2O4. The third kappa shape index (κ3) is 5.69. The van der Waals surface area contributed by atoms with Crippen molar-refractivity contribution in [3.63, 3.8) is 0 Å². The number of fused-ring (bicyclic) bond motifs is 14. The van der Waals surface area contributed by atoms with E-state index in [2.05, 4.69) is 216 Å². The lowest BCUT2D eigenvalue weighted by molar-refractivity contribution is 0.466. The van der Waals surface area contributed by atoms with E-state index < -0.39 is 0 Å². The third-order valence-electron chi connectivity index (χ3n) is 15.7. The van der Waals surface area contributed by atoms with E-state index in [-0.39, 0.29) is 25.6 Å². The summed E-state index contributed by atoms with van der Waals surface area (Å²) in [6, 6.07) is 57.5. The highest BCUT2D eigenvalue weighted by molar-refractivity contribution is 7.05. The minimum atomic E-state index is -0.366. The molecule has 0 amide bonds. The number of para-hydroxylation sites is 4. The second-order valence-electron chi connectivity index (χ2n) is 21.5. The van der Waals surface area contributed by atoms with Gasteiger partial charge in [-0.15, -0.1) is 0 Å². The van der Waals surface area contributed by atoms with Gasteiger partial charge in [-0.3, -0.25) is 0 Å². The number of hydrogen-bond donors (Lipinski definition) is 0. The van der Waals surface area contributed by atoms with Crippen LogP contribution >= 0.6 is 0 Å². The topological polar surface area (TPSA) is 43.4 Å². The van der Waals surface area contributed by atoms with Gasteiger partial charge in [0.15, 0.2) is 0 Å². The first-order valence-electron chi connectivity index (χ1n) is 24.9. The second kappa shape index (κ2) is 14.3. The van der Waals surface area contributed by atoms with Crippen molar-refractivity contribution in [1.82, 2.24) is 0 Å². The van der Waals surface area contributed by atoms with E-state index in [9.17, 15) is 0 Å². The maximum absolute atomic E-state index is 7.55. The normalized spacial score (nSPS) is 14.4. The molecule has 0 radical (unpaired) electrons. The Labute approximate surface area is 415 Å². The van der Waals surface area contributed by atoms with Crippen molar-refractivity contribution in [3.05, 3.63) is 186 Å². The zero-order valence-electron chi connectivity index (χ0n) is 40.8. The maximum atomic E-state index is 7.55. The smallest absolute Gasteiger partial charge is 0.261 e. The van der Waals surface area contributed by atoms with E-state index in [1.54, 1.807) is 0 Å². The summed E-state index contributed by atoms with van der Waals surface area (Å²) in [5, 5.41) is 0. The van der Waals surface area contributed by atoms with Gasteiger partial charge in [0.1, 0.15) is 46.0 Å². The average molecular weight is 917 g/mol. The molecule has 6 heterocycles. The van der Waals surface area contributed by atoms with Crippen LogP contribution in [0.3, 0.4) is 0 Å². The molecule has 71 heavy (non-hydrogen) atoms. The standard InChI is InChI=1S/C62H47B3N2O4/c1-34-24-35(2)27-39(26-34)66-45-30-38(62(5,6)7)31-46-55(45)65(56-47(66)32-53-58-60(56)70-51-22-14-10-18-43(51)63(58)41-16-8-12-20-49(41)68-53)57-48(67(46)40-28-36(3)25-37(4)29-40)33-54-59-61(57)71-52-23-15-11-19-44(52)64(59)42-17-9-13-21-50(42)69-54/h8-33H,1-7H3. The van der Waals surface area contributed by atoms with E-state index in [1.807, 2.05) is 0 Å². The molecular weight excluding hydrogens is 869 g/mol. The summed E-state index contributed by atoms with van der Waals surface area (Å²) in [6.45, 7) is 15.2. The molecule has 0 N–H and O–H groups in total. The number of hydrogen-bond acceptors (Lipinski definition) is 6. The summed E-state index contributed by atoms with van der Waals surface area (Å²) in [5.41, 5.74) is 22.1. The van der Waals surface area contributed by atoms with E-state index >= 15 is 0 Å². The summed E-state index contributed by atoms with van der Waals surface area (Å²) in [4.78, 5) is 5.01. The van der Waals surface area contributed by atoms with E-state index in [0.29, 0.717) is 0 Å². The maximum Gasteiger partial charge on any atom is 0.261 e. The summed E-state index contributed by atoms with van der Waals surface area (Å²) < 4.78 is 29.4. The van der Waals surface area contributed by atoms with Crippen LogP contribution in [0.15, 0.2) is 158 Å². The minimum absolute atomic E-state index is 0.117. The second-order valence-corrected chi connectivity index (χ2v) is 21.5. The monoisotopic (exact) mass is 916 g/mol. The van der Waals surface area contributed by atoms with Crippen molar-refractivity contribution < 1.29 is 18.9 Å². The molecule has 0 saturated carbocycles. The molecule has 6 nitrogen and oxygen atoms in total. The number of ether oxygens (including phenoxy) is 4. The molecule has 338 valence electrons. The predicted octanol–water partition coefficient (Wildman–Crippen LogP) is 9.76. The van der Waals surface area contributed by atoms with Crippen LogP contribution in [0.25, 0.3) is 0 Å². The highest BCUT2D eigenvalue weighted by Gasteiger charge is 2.53. The first-order valence-corrected chi connectivity index (χ1v) is 24.9. The van der Waals surface area contributed by atoms with Gasteiger partial charge in [-0.05, 0) is 160 Å². The Kier molecular flexibility index (Phi) is 8.22. The fourth-order valence-electron chi connectivity index (χ4n) is 13.0. The van der Waals surface area contributed by atoms with Crippen molar-refractivity contribution in [3.8, 4) is 46.0 Å². The summed E-state index contributed by atoms with van der Waals surface area (Å²) >= 11 is 0. The molecule has 0 aromatic heterocycles. The molecule has 9 aromatic carbocycles. The summed E-state index contributed by atoms with van der Waals surface area (Å²) in [5.74, 6) is 6.69. The van der Waals surface area contributed by atoms with Crippen molar-refractivity contribution in [2.24, 2.45) is 0 Å². The Balaban J connectivity index is 1.14. The first-order chi connectivity index (χ1) is 34.5. The van der Waals surface area contributed by atoms with Gasteiger partial charge in [0.05, 0.1) is 0 Å². The molecule has 9 heteroatoms. The van der Waals surface area contributed by atoms with Crippen LogP contribution in [0.1, 0.15) is 48.6 Å². The van der Waals surface area contributed by atoms with Crippen molar-refractivity contribution in [2.45, 2.75) is 53.9 Å². The van der Waals surface area contributed by atoms with Crippen LogP contribution in [-0.2, 0) is 5.41 Å². The fourth-order valence-corrected chi connectivity index (χ4v) is 13.0. The Hall–Kier alpha value is -8.03. The van der Waals surface area contributed by atoms with E-state index in [4.69, 9.17) is 18.9 Å². The van der Waals surface area contributed by atoms with Gasteiger partial charge in [-0.25, -0.2) is 0 Å². The van der Waals surface area contributed by atoms with Gasteiger partial charge >= 0.3 is 0 Å². The van der Waals surface area contributed by atoms with Crippen LogP contribution < -0.4 is 77.9 Å². The SMILES string of the molecule is Cc1cc(C)cc(N2c3cc(C(C)(C)C)cc4c3B(c3c2cc2c5c3Oc3ccccc3B5c3ccccc3O2)c2c(cc3c5c2Oc2ccccc2B5c2ccccc2O3)N4c2cc(C)cc(C)c2)c1. The first kappa shape index (κ1) is 40.8. The molecule has 6 aliphatic rings. The molecule has 0 unspecified atom stereocenters. The van der Waals surface area contributed by atoms with Crippen molar-refractivity contribution in [2.75, 3.05) is 9.80 Å². The number of rotatable bonds is 2. The van der Waals surface area contributed by atoms with E-state index in [0.717, 1.165) is 124 Å². The largest absolute Gasteiger partial charge is 0.459 e. The van der Waals surface area contributed by atoms with E-state index in [1.165, 1.54) is 33.3 Å². The van der Waals surface area contributed by atoms with Crippen LogP contribution in [0, 0.1) is 27.7 Å². The number of nitrogens with zero attached hydrogens (tertiary/aromatic N) is 2. The highest BCUT2D eigenvalue weighted by atomic mass is 16.5. The van der Waals surface area contributed by atoms with Crippen LogP contribution in [0.2, 0.25) is 0 Å². The molecule has 15 rings (SSSR count). The molecule has 0 aliphatic carbocycles.